The molecule has 0 fully saturated rings. The Labute approximate surface area is 114 Å². The van der Waals surface area contributed by atoms with Crippen LogP contribution in [0, 0.1) is 0 Å². The van der Waals surface area contributed by atoms with Crippen molar-refractivity contribution in [2.45, 2.75) is 17.1 Å². The Hall–Kier alpha value is -1.40. The molecule has 1 aromatic rings. The minimum absolute atomic E-state index is 0.381. The second-order valence-electron chi connectivity index (χ2n) is 3.51. The van der Waals surface area contributed by atoms with Crippen LogP contribution in [-0.4, -0.2) is 24.2 Å². The second-order valence-corrected chi connectivity index (χ2v) is 5.33. The van der Waals surface area contributed by atoms with Gasteiger partial charge >= 0.3 is 6.03 Å². The number of carbonyl (C=O) groups is 2. The first kappa shape index (κ1) is 14.7. The summed E-state index contributed by atoms with van der Waals surface area (Å²) in [5.74, 6) is -0.381. The molecule has 18 heavy (non-hydrogen) atoms. The Kier molecular flexibility index (Phi) is 5.30. The fraction of sp³-hybridized carbons (Fsp3) is 0.273. The Morgan fingerprint density at radius 3 is 2.67 bits per heavy atom. The minimum Gasteiger partial charge on any atom is -0.398 e. The molecule has 98 valence electrons. The summed E-state index contributed by atoms with van der Waals surface area (Å²) in [6.07, 6.45) is 0. The van der Waals surface area contributed by atoms with Gasteiger partial charge in [-0.05, 0) is 25.1 Å². The van der Waals surface area contributed by atoms with Gasteiger partial charge in [0.2, 0.25) is 5.91 Å². The lowest BCUT2D eigenvalue weighted by molar-refractivity contribution is -0.119. The summed E-state index contributed by atoms with van der Waals surface area (Å²) < 4.78 is 0. The van der Waals surface area contributed by atoms with Crippen molar-refractivity contribution < 1.29 is 9.59 Å². The Morgan fingerprint density at radius 1 is 1.44 bits per heavy atom. The van der Waals surface area contributed by atoms with E-state index in [1.165, 1.54) is 18.8 Å². The van der Waals surface area contributed by atoms with Crippen molar-refractivity contribution in [1.82, 2.24) is 10.6 Å². The average molecular weight is 288 g/mol. The lowest BCUT2D eigenvalue weighted by Gasteiger charge is -2.12. The van der Waals surface area contributed by atoms with E-state index in [4.69, 9.17) is 17.3 Å². The van der Waals surface area contributed by atoms with Crippen molar-refractivity contribution in [2.75, 3.05) is 12.8 Å². The predicted molar refractivity (Wildman–Crippen MR) is 73.8 cm³/mol. The molecule has 0 bridgehead atoms. The van der Waals surface area contributed by atoms with Crippen LogP contribution in [0.4, 0.5) is 10.5 Å². The van der Waals surface area contributed by atoms with Gasteiger partial charge in [0.1, 0.15) is 0 Å². The molecule has 4 N–H and O–H groups in total. The van der Waals surface area contributed by atoms with E-state index in [9.17, 15) is 9.59 Å². The van der Waals surface area contributed by atoms with Gasteiger partial charge in [0.15, 0.2) is 0 Å². The zero-order chi connectivity index (χ0) is 13.7. The molecule has 1 aromatic carbocycles. The van der Waals surface area contributed by atoms with Crippen LogP contribution in [0.2, 0.25) is 5.02 Å². The third-order valence-corrected chi connectivity index (χ3v) is 3.54. The summed E-state index contributed by atoms with van der Waals surface area (Å²) in [6, 6.07) is 4.53. The number of carbonyl (C=O) groups excluding carboxylic acids is 2. The molecule has 0 spiro atoms. The highest BCUT2D eigenvalue weighted by Gasteiger charge is 2.17. The van der Waals surface area contributed by atoms with Crippen molar-refractivity contribution >= 4 is 41.0 Å². The number of nitrogens with one attached hydrogen (secondary N) is 2. The monoisotopic (exact) mass is 287 g/mol. The van der Waals surface area contributed by atoms with Crippen LogP contribution in [0.15, 0.2) is 23.1 Å². The van der Waals surface area contributed by atoms with Gasteiger partial charge in [0.05, 0.1) is 5.25 Å². The molecule has 3 amide bonds. The molecule has 0 aliphatic heterocycles. The molecule has 0 aromatic heterocycles. The van der Waals surface area contributed by atoms with E-state index < -0.39 is 11.3 Å². The Balaban J connectivity index is 2.66. The van der Waals surface area contributed by atoms with Crippen LogP contribution in [-0.2, 0) is 4.79 Å². The molecule has 0 aliphatic rings. The number of thioether (sulfide) groups is 1. The number of benzene rings is 1. The SMILES string of the molecule is CNC(=O)NC(=O)C(C)Sc1ccc(Cl)cc1N. The fourth-order valence-corrected chi connectivity index (χ4v) is 2.22. The predicted octanol–water partition coefficient (Wildman–Crippen LogP) is 1.86. The second kappa shape index (κ2) is 6.51. The standard InChI is InChI=1S/C11H14ClN3O2S/c1-6(10(16)15-11(17)14-2)18-9-4-3-7(12)5-8(9)13/h3-6H,13H2,1-2H3,(H2,14,15,16,17). The van der Waals surface area contributed by atoms with Crippen LogP contribution in [0.25, 0.3) is 0 Å². The van der Waals surface area contributed by atoms with Gasteiger partial charge in [-0.2, -0.15) is 0 Å². The maximum Gasteiger partial charge on any atom is 0.321 e. The van der Waals surface area contributed by atoms with E-state index in [2.05, 4.69) is 10.6 Å². The molecule has 0 saturated carbocycles. The largest absolute Gasteiger partial charge is 0.398 e. The van der Waals surface area contributed by atoms with Gasteiger partial charge in [-0.25, -0.2) is 4.79 Å². The molecule has 0 saturated heterocycles. The van der Waals surface area contributed by atoms with Crippen LogP contribution in [0.1, 0.15) is 6.92 Å². The highest BCUT2D eigenvalue weighted by Crippen LogP contribution is 2.30. The van der Waals surface area contributed by atoms with Crippen molar-refractivity contribution in [3.05, 3.63) is 23.2 Å². The summed E-state index contributed by atoms with van der Waals surface area (Å²) in [5, 5.41) is 4.62. The van der Waals surface area contributed by atoms with Crippen LogP contribution in [0.3, 0.4) is 0 Å². The van der Waals surface area contributed by atoms with Crippen molar-refractivity contribution in [1.29, 1.82) is 0 Å². The lowest BCUT2D eigenvalue weighted by atomic mass is 10.3. The van der Waals surface area contributed by atoms with Gasteiger partial charge in [0.25, 0.3) is 0 Å². The van der Waals surface area contributed by atoms with Gasteiger partial charge in [-0.15, -0.1) is 11.8 Å². The lowest BCUT2D eigenvalue weighted by Crippen LogP contribution is -2.41. The zero-order valence-corrected chi connectivity index (χ0v) is 11.6. The first-order valence-corrected chi connectivity index (χ1v) is 6.44. The van der Waals surface area contributed by atoms with Gasteiger partial charge in [-0.1, -0.05) is 11.6 Å². The molecule has 5 nitrogen and oxygen atoms in total. The van der Waals surface area contributed by atoms with E-state index in [0.29, 0.717) is 10.7 Å². The first-order valence-electron chi connectivity index (χ1n) is 5.18. The number of halogens is 1. The van der Waals surface area contributed by atoms with Crippen LogP contribution in [0.5, 0.6) is 0 Å². The van der Waals surface area contributed by atoms with Gasteiger partial charge in [-0.3, -0.25) is 10.1 Å². The maximum absolute atomic E-state index is 11.6. The number of hydrogen-bond donors (Lipinski definition) is 3. The summed E-state index contributed by atoms with van der Waals surface area (Å²) in [5.41, 5.74) is 6.29. The molecular formula is C11H14ClN3O2S. The quantitative estimate of drug-likeness (QED) is 0.585. The first-order chi connectivity index (χ1) is 8.43. The zero-order valence-electron chi connectivity index (χ0n) is 9.99. The third kappa shape index (κ3) is 4.12. The highest BCUT2D eigenvalue weighted by molar-refractivity contribution is 8.00. The van der Waals surface area contributed by atoms with E-state index in [0.717, 1.165) is 4.90 Å². The average Bonchev–Trinajstić information content (AvgIpc) is 2.32. The minimum atomic E-state index is -0.531. The molecule has 1 atom stereocenters. The summed E-state index contributed by atoms with van der Waals surface area (Å²) >= 11 is 7.05. The number of imide groups is 1. The maximum atomic E-state index is 11.6. The van der Waals surface area contributed by atoms with E-state index in [1.54, 1.807) is 25.1 Å². The van der Waals surface area contributed by atoms with E-state index in [-0.39, 0.29) is 5.91 Å². The smallest absolute Gasteiger partial charge is 0.321 e. The normalized spacial score (nSPS) is 11.7. The third-order valence-electron chi connectivity index (χ3n) is 2.11. The van der Waals surface area contributed by atoms with Gasteiger partial charge < -0.3 is 11.1 Å². The number of amides is 3. The summed E-state index contributed by atoms with van der Waals surface area (Å²) in [6.45, 7) is 1.69. The molecular weight excluding hydrogens is 274 g/mol. The highest BCUT2D eigenvalue weighted by atomic mass is 35.5. The molecule has 1 rings (SSSR count). The number of hydrogen-bond acceptors (Lipinski definition) is 4. The Bertz CT molecular complexity index is 468. The summed E-state index contributed by atoms with van der Waals surface area (Å²) in [4.78, 5) is 23.4. The number of nitrogen functional groups attached to an aromatic ring is 1. The molecule has 0 heterocycles. The topological polar surface area (TPSA) is 84.2 Å². The van der Waals surface area contributed by atoms with Crippen LogP contribution >= 0.6 is 23.4 Å². The summed E-state index contributed by atoms with van der Waals surface area (Å²) in [7, 11) is 1.44. The van der Waals surface area contributed by atoms with Crippen molar-refractivity contribution in [3.8, 4) is 0 Å². The Morgan fingerprint density at radius 2 is 2.11 bits per heavy atom. The number of nitrogens with two attached hydrogens (primary N) is 1. The number of rotatable bonds is 3. The number of urea groups is 1. The fourth-order valence-electron chi connectivity index (χ4n) is 1.15. The number of anilines is 1. The van der Waals surface area contributed by atoms with E-state index in [1.807, 2.05) is 0 Å². The molecule has 0 radical (unpaired) electrons. The van der Waals surface area contributed by atoms with E-state index >= 15 is 0 Å². The molecule has 7 heteroatoms. The molecule has 1 unspecified atom stereocenters. The van der Waals surface area contributed by atoms with Crippen molar-refractivity contribution in [2.24, 2.45) is 0 Å². The van der Waals surface area contributed by atoms with Crippen LogP contribution < -0.4 is 16.4 Å². The van der Waals surface area contributed by atoms with Crippen molar-refractivity contribution in [3.63, 3.8) is 0 Å². The van der Waals surface area contributed by atoms with Gasteiger partial charge in [0, 0.05) is 22.7 Å². The molecule has 0 aliphatic carbocycles.